The molecular weight excluding hydrogens is 554 g/mol. The van der Waals surface area contributed by atoms with Crippen LogP contribution in [0.1, 0.15) is 11.1 Å². The Hall–Kier alpha value is -4.67. The molecule has 2 amide bonds. The quantitative estimate of drug-likeness (QED) is 0.278. The van der Waals surface area contributed by atoms with E-state index in [0.29, 0.717) is 30.2 Å². The minimum absolute atomic E-state index is 0.0195. The zero-order valence-corrected chi connectivity index (χ0v) is 23.6. The third-order valence-electron chi connectivity index (χ3n) is 6.72. The fourth-order valence-electron chi connectivity index (χ4n) is 4.50. The zero-order chi connectivity index (χ0) is 29.4. The fraction of sp³-hybridized carbons (Fsp3) is 0.188. The molecule has 0 aliphatic carbocycles. The van der Waals surface area contributed by atoms with E-state index in [4.69, 9.17) is 9.47 Å². The van der Waals surface area contributed by atoms with E-state index < -0.39 is 16.1 Å². The van der Waals surface area contributed by atoms with Gasteiger partial charge in [-0.1, -0.05) is 72.8 Å². The van der Waals surface area contributed by atoms with Crippen LogP contribution < -0.4 is 24.4 Å². The van der Waals surface area contributed by atoms with Gasteiger partial charge < -0.3 is 19.7 Å². The smallest absolute Gasteiger partial charge is 0.265 e. The summed E-state index contributed by atoms with van der Waals surface area (Å²) in [5, 5.41) is 2.87. The lowest BCUT2D eigenvalue weighted by Gasteiger charge is -2.34. The number of amides is 2. The summed E-state index contributed by atoms with van der Waals surface area (Å²) in [5.74, 6) is 0.0590. The van der Waals surface area contributed by atoms with Gasteiger partial charge in [-0.15, -0.1) is 0 Å². The van der Waals surface area contributed by atoms with Crippen LogP contribution in [-0.4, -0.2) is 46.0 Å². The SMILES string of the molecule is O=C(NCc1ccccc1)[C@H]1CN(C(=O)COc2ccc(S(=O)(=O)NCCc3ccccc3)cc2)c2ccccc2O1. The monoisotopic (exact) mass is 585 g/mol. The molecule has 1 aliphatic heterocycles. The molecule has 0 saturated heterocycles. The van der Waals surface area contributed by atoms with E-state index in [2.05, 4.69) is 10.0 Å². The van der Waals surface area contributed by atoms with Gasteiger partial charge in [0, 0.05) is 13.1 Å². The van der Waals surface area contributed by atoms with Crippen LogP contribution in [0.5, 0.6) is 11.5 Å². The Balaban J connectivity index is 1.17. The normalized spacial score (nSPS) is 14.4. The van der Waals surface area contributed by atoms with Crippen LogP contribution in [0.2, 0.25) is 0 Å². The topological polar surface area (TPSA) is 114 Å². The largest absolute Gasteiger partial charge is 0.484 e. The van der Waals surface area contributed by atoms with Crippen molar-refractivity contribution in [3.63, 3.8) is 0 Å². The van der Waals surface area contributed by atoms with Crippen molar-refractivity contribution >= 4 is 27.5 Å². The third kappa shape index (κ3) is 7.34. The molecule has 0 saturated carbocycles. The summed E-state index contributed by atoms with van der Waals surface area (Å²) in [6.07, 6.45) is -0.324. The molecule has 9 nitrogen and oxygen atoms in total. The lowest BCUT2D eigenvalue weighted by atomic mass is 10.1. The molecule has 10 heteroatoms. The predicted octanol–water partition coefficient (Wildman–Crippen LogP) is 3.70. The van der Waals surface area contributed by atoms with Crippen molar-refractivity contribution in [2.24, 2.45) is 0 Å². The second-order valence-corrected chi connectivity index (χ2v) is 11.4. The highest BCUT2D eigenvalue weighted by molar-refractivity contribution is 7.89. The van der Waals surface area contributed by atoms with Crippen molar-refractivity contribution in [2.45, 2.75) is 24.0 Å². The van der Waals surface area contributed by atoms with Gasteiger partial charge in [-0.3, -0.25) is 9.59 Å². The molecule has 4 aromatic carbocycles. The average Bonchev–Trinajstić information content (AvgIpc) is 3.03. The summed E-state index contributed by atoms with van der Waals surface area (Å²) in [5.41, 5.74) is 2.53. The maximum absolute atomic E-state index is 13.3. The number of nitrogens with one attached hydrogen (secondary N) is 2. The molecule has 0 radical (unpaired) electrons. The number of carbonyl (C=O) groups is 2. The number of para-hydroxylation sites is 2. The predicted molar refractivity (Wildman–Crippen MR) is 159 cm³/mol. The summed E-state index contributed by atoms with van der Waals surface area (Å²) >= 11 is 0. The van der Waals surface area contributed by atoms with Crippen molar-refractivity contribution in [1.29, 1.82) is 0 Å². The van der Waals surface area contributed by atoms with Crippen LogP contribution >= 0.6 is 0 Å². The standard InChI is InChI=1S/C32H31N3O6S/c36-31(23-40-26-15-17-27(18-16-26)42(38,39)34-20-19-24-9-3-1-4-10-24)35-22-30(41-29-14-8-7-13-28(29)35)32(37)33-21-25-11-5-2-6-12-25/h1-18,30,34H,19-23H2,(H,33,37)/t30-/m1/s1. The Bertz CT molecular complexity index is 1610. The van der Waals surface area contributed by atoms with Crippen molar-refractivity contribution in [3.05, 3.63) is 120 Å². The maximum Gasteiger partial charge on any atom is 0.265 e. The fourth-order valence-corrected chi connectivity index (χ4v) is 5.53. The first-order chi connectivity index (χ1) is 20.4. The van der Waals surface area contributed by atoms with Gasteiger partial charge in [0.05, 0.1) is 17.1 Å². The number of ether oxygens (including phenoxy) is 2. The van der Waals surface area contributed by atoms with E-state index in [-0.39, 0.29) is 36.4 Å². The zero-order valence-electron chi connectivity index (χ0n) is 22.8. The summed E-state index contributed by atoms with van der Waals surface area (Å²) in [6.45, 7) is 0.317. The molecule has 4 aromatic rings. The van der Waals surface area contributed by atoms with Crippen LogP contribution in [-0.2, 0) is 32.6 Å². The van der Waals surface area contributed by atoms with Crippen LogP contribution in [0.15, 0.2) is 114 Å². The highest BCUT2D eigenvalue weighted by Gasteiger charge is 2.33. The van der Waals surface area contributed by atoms with E-state index in [1.54, 1.807) is 24.3 Å². The minimum Gasteiger partial charge on any atom is -0.484 e. The molecule has 1 atom stereocenters. The molecule has 5 rings (SSSR count). The van der Waals surface area contributed by atoms with Gasteiger partial charge >= 0.3 is 0 Å². The number of benzene rings is 4. The van der Waals surface area contributed by atoms with E-state index in [1.807, 2.05) is 60.7 Å². The summed E-state index contributed by atoms with van der Waals surface area (Å²) in [4.78, 5) is 27.7. The average molecular weight is 586 g/mol. The van der Waals surface area contributed by atoms with Crippen molar-refractivity contribution < 1.29 is 27.5 Å². The highest BCUT2D eigenvalue weighted by atomic mass is 32.2. The number of hydrogen-bond donors (Lipinski definition) is 2. The first-order valence-electron chi connectivity index (χ1n) is 13.5. The Kier molecular flexibility index (Phi) is 9.15. The van der Waals surface area contributed by atoms with E-state index in [1.165, 1.54) is 29.2 Å². The van der Waals surface area contributed by atoms with Crippen LogP contribution in [0.4, 0.5) is 5.69 Å². The Morgan fingerprint density at radius 2 is 1.48 bits per heavy atom. The van der Waals surface area contributed by atoms with Crippen molar-refractivity contribution in [1.82, 2.24) is 10.0 Å². The number of rotatable bonds is 11. The molecule has 42 heavy (non-hydrogen) atoms. The van der Waals surface area contributed by atoms with Gasteiger partial charge in [-0.2, -0.15) is 0 Å². The Morgan fingerprint density at radius 1 is 0.833 bits per heavy atom. The first kappa shape index (κ1) is 28.8. The number of anilines is 1. The van der Waals surface area contributed by atoms with E-state index in [9.17, 15) is 18.0 Å². The second kappa shape index (κ2) is 13.3. The lowest BCUT2D eigenvalue weighted by Crippen LogP contribution is -2.51. The molecule has 0 bridgehead atoms. The molecule has 1 heterocycles. The molecule has 2 N–H and O–H groups in total. The number of nitrogens with zero attached hydrogens (tertiary/aromatic N) is 1. The summed E-state index contributed by atoms with van der Waals surface area (Å²) < 4.78 is 39.6. The minimum atomic E-state index is -3.70. The molecule has 0 spiro atoms. The summed E-state index contributed by atoms with van der Waals surface area (Å²) in [6, 6.07) is 32.0. The number of sulfonamides is 1. The lowest BCUT2D eigenvalue weighted by molar-refractivity contribution is -0.128. The van der Waals surface area contributed by atoms with E-state index in [0.717, 1.165) is 11.1 Å². The van der Waals surface area contributed by atoms with Crippen molar-refractivity contribution in [3.8, 4) is 11.5 Å². The van der Waals surface area contributed by atoms with Gasteiger partial charge in [0.1, 0.15) is 11.5 Å². The van der Waals surface area contributed by atoms with Gasteiger partial charge in [-0.05, 0) is 53.9 Å². The number of fused-ring (bicyclic) bond motifs is 1. The molecule has 1 aliphatic rings. The maximum atomic E-state index is 13.3. The van der Waals surface area contributed by atoms with Crippen LogP contribution in [0.25, 0.3) is 0 Å². The van der Waals surface area contributed by atoms with Gasteiger partial charge in [0.25, 0.3) is 11.8 Å². The van der Waals surface area contributed by atoms with Gasteiger partial charge in [-0.25, -0.2) is 13.1 Å². The number of hydrogen-bond acceptors (Lipinski definition) is 6. The highest BCUT2D eigenvalue weighted by Crippen LogP contribution is 2.33. The summed E-state index contributed by atoms with van der Waals surface area (Å²) in [7, 11) is -3.70. The third-order valence-corrected chi connectivity index (χ3v) is 8.20. The van der Waals surface area contributed by atoms with Gasteiger partial charge in [0.2, 0.25) is 10.0 Å². The number of carbonyl (C=O) groups excluding carboxylic acids is 2. The Labute approximate surface area is 245 Å². The molecule has 0 aromatic heterocycles. The van der Waals surface area contributed by atoms with Gasteiger partial charge in [0.15, 0.2) is 12.7 Å². The molecular formula is C32H31N3O6S. The molecule has 0 unspecified atom stereocenters. The van der Waals surface area contributed by atoms with Crippen molar-refractivity contribution in [2.75, 3.05) is 24.6 Å². The second-order valence-electron chi connectivity index (χ2n) is 9.68. The molecule has 216 valence electrons. The van der Waals surface area contributed by atoms with Crippen LogP contribution in [0.3, 0.4) is 0 Å². The van der Waals surface area contributed by atoms with Crippen LogP contribution in [0, 0.1) is 0 Å². The Morgan fingerprint density at radius 3 is 2.19 bits per heavy atom. The molecule has 0 fully saturated rings. The first-order valence-corrected chi connectivity index (χ1v) is 15.0. The van der Waals surface area contributed by atoms with E-state index >= 15 is 0 Å².